The van der Waals surface area contributed by atoms with Gasteiger partial charge in [-0.15, -0.1) is 0 Å². The summed E-state index contributed by atoms with van der Waals surface area (Å²) in [5, 5.41) is 2.87. The highest BCUT2D eigenvalue weighted by atomic mass is 19.3. The van der Waals surface area contributed by atoms with Gasteiger partial charge in [-0.05, 0) is 55.5 Å². The molecule has 34 heavy (non-hydrogen) atoms. The van der Waals surface area contributed by atoms with Gasteiger partial charge in [0.2, 0.25) is 5.92 Å². The lowest BCUT2D eigenvalue weighted by atomic mass is 9.85. The van der Waals surface area contributed by atoms with Crippen molar-refractivity contribution in [2.24, 2.45) is 5.92 Å². The van der Waals surface area contributed by atoms with Gasteiger partial charge in [0.15, 0.2) is 0 Å². The molecule has 2 fully saturated rings. The molecule has 2 aromatic rings. The monoisotopic (exact) mass is 471 g/mol. The average Bonchev–Trinajstić information content (AvgIpc) is 2.85. The van der Waals surface area contributed by atoms with Gasteiger partial charge in [-0.1, -0.05) is 24.3 Å². The van der Waals surface area contributed by atoms with E-state index in [1.165, 1.54) is 0 Å². The van der Waals surface area contributed by atoms with Crippen molar-refractivity contribution in [3.05, 3.63) is 60.2 Å². The number of carbonyl (C=O) groups is 2. The number of hydrogen-bond donors (Lipinski definition) is 1. The summed E-state index contributed by atoms with van der Waals surface area (Å²) in [6, 6.07) is 16.2. The Labute approximate surface area is 198 Å². The number of urea groups is 1. The average molecular weight is 472 g/mol. The first kappa shape index (κ1) is 24.0. The smallest absolute Gasteiger partial charge is 0.321 e. The molecule has 1 aliphatic heterocycles. The molecule has 1 saturated carbocycles. The number of ether oxygens (including phenoxy) is 1. The predicted octanol–water partition coefficient (Wildman–Crippen LogP) is 5.27. The molecule has 0 radical (unpaired) electrons. The van der Waals surface area contributed by atoms with Crippen LogP contribution in [0.25, 0.3) is 0 Å². The van der Waals surface area contributed by atoms with Crippen LogP contribution in [0.4, 0.5) is 19.3 Å². The number of para-hydroxylation sites is 1. The van der Waals surface area contributed by atoms with Crippen LogP contribution < -0.4 is 10.1 Å². The van der Waals surface area contributed by atoms with E-state index in [4.69, 9.17) is 4.74 Å². The second kappa shape index (κ2) is 10.8. The number of rotatable bonds is 6. The van der Waals surface area contributed by atoms with Crippen LogP contribution in [0.15, 0.2) is 54.6 Å². The molecule has 0 bridgehead atoms. The Morgan fingerprint density at radius 3 is 2.32 bits per heavy atom. The standard InChI is InChI=1S/C26H31F2N3O3/c27-26(28)12-9-20(10-13-26)11-18-34-23-8-4-5-21(19-23)24(32)30-14-16-31(17-15-30)25(33)29-22-6-2-1-3-7-22/h1-8,19-20H,9-18H2,(H,29,33). The minimum atomic E-state index is -2.51. The Kier molecular flexibility index (Phi) is 7.65. The second-order valence-corrected chi connectivity index (χ2v) is 9.04. The maximum atomic E-state index is 13.3. The van der Waals surface area contributed by atoms with Crippen LogP contribution >= 0.6 is 0 Å². The van der Waals surface area contributed by atoms with Gasteiger partial charge in [0.05, 0.1) is 6.61 Å². The molecule has 0 atom stereocenters. The summed E-state index contributed by atoms with van der Waals surface area (Å²) in [6.45, 7) is 2.28. The highest BCUT2D eigenvalue weighted by molar-refractivity contribution is 5.95. The molecule has 0 unspecified atom stereocenters. The van der Waals surface area contributed by atoms with Crippen LogP contribution in [0, 0.1) is 5.92 Å². The van der Waals surface area contributed by atoms with E-state index in [0.29, 0.717) is 56.9 Å². The number of amides is 3. The number of halogens is 2. The number of carbonyl (C=O) groups excluding carboxylic acids is 2. The molecule has 0 aromatic heterocycles. The van der Waals surface area contributed by atoms with Gasteiger partial charge < -0.3 is 19.9 Å². The molecular formula is C26H31F2N3O3. The lowest BCUT2D eigenvalue weighted by Gasteiger charge is -2.34. The van der Waals surface area contributed by atoms with Crippen LogP contribution in [0.3, 0.4) is 0 Å². The van der Waals surface area contributed by atoms with Crippen molar-refractivity contribution in [2.75, 3.05) is 38.1 Å². The Bertz CT molecular complexity index is 968. The van der Waals surface area contributed by atoms with Gasteiger partial charge >= 0.3 is 6.03 Å². The highest BCUT2D eigenvalue weighted by Crippen LogP contribution is 2.37. The van der Waals surface area contributed by atoms with E-state index in [-0.39, 0.29) is 30.7 Å². The van der Waals surface area contributed by atoms with Crippen LogP contribution in [0.1, 0.15) is 42.5 Å². The van der Waals surface area contributed by atoms with Gasteiger partial charge in [0, 0.05) is 50.3 Å². The van der Waals surface area contributed by atoms with E-state index in [9.17, 15) is 18.4 Å². The highest BCUT2D eigenvalue weighted by Gasteiger charge is 2.34. The molecule has 6 nitrogen and oxygen atoms in total. The minimum Gasteiger partial charge on any atom is -0.494 e. The van der Waals surface area contributed by atoms with E-state index in [0.717, 1.165) is 12.1 Å². The molecular weight excluding hydrogens is 440 g/mol. The fourth-order valence-corrected chi connectivity index (χ4v) is 4.47. The molecule has 8 heteroatoms. The van der Waals surface area contributed by atoms with Crippen molar-refractivity contribution in [3.63, 3.8) is 0 Å². The van der Waals surface area contributed by atoms with Crippen molar-refractivity contribution >= 4 is 17.6 Å². The molecule has 4 rings (SSSR count). The molecule has 1 N–H and O–H groups in total. The van der Waals surface area contributed by atoms with Crippen LogP contribution in [0.5, 0.6) is 5.75 Å². The summed E-state index contributed by atoms with van der Waals surface area (Å²) in [6.07, 6.45) is 1.72. The third-order valence-electron chi connectivity index (χ3n) is 6.59. The SMILES string of the molecule is O=C(Nc1ccccc1)N1CCN(C(=O)c2cccc(OCCC3CCC(F)(F)CC3)c2)CC1. The minimum absolute atomic E-state index is 0.0389. The molecule has 1 heterocycles. The fraction of sp³-hybridized carbons (Fsp3) is 0.462. The zero-order valence-corrected chi connectivity index (χ0v) is 19.2. The number of alkyl halides is 2. The number of piperazine rings is 1. The maximum absolute atomic E-state index is 13.3. The maximum Gasteiger partial charge on any atom is 0.321 e. The number of hydrogen-bond acceptors (Lipinski definition) is 3. The van der Waals surface area contributed by atoms with Crippen molar-refractivity contribution in [3.8, 4) is 5.75 Å². The van der Waals surface area contributed by atoms with Gasteiger partial charge in [0.25, 0.3) is 5.91 Å². The summed E-state index contributed by atoms with van der Waals surface area (Å²) >= 11 is 0. The summed E-state index contributed by atoms with van der Waals surface area (Å²) in [7, 11) is 0. The zero-order chi connectivity index (χ0) is 24.0. The van der Waals surface area contributed by atoms with Crippen LogP contribution in [-0.2, 0) is 0 Å². The van der Waals surface area contributed by atoms with Crippen LogP contribution in [0.2, 0.25) is 0 Å². The molecule has 182 valence electrons. The summed E-state index contributed by atoms with van der Waals surface area (Å²) in [5.74, 6) is -1.74. The topological polar surface area (TPSA) is 61.9 Å². The van der Waals surface area contributed by atoms with Gasteiger partial charge in [-0.2, -0.15) is 0 Å². The Hall–Kier alpha value is -3.16. The Morgan fingerprint density at radius 2 is 1.62 bits per heavy atom. The molecule has 3 amide bonds. The summed E-state index contributed by atoms with van der Waals surface area (Å²) in [4.78, 5) is 28.9. The van der Waals surface area contributed by atoms with Crippen molar-refractivity contribution in [1.29, 1.82) is 0 Å². The first-order valence-corrected chi connectivity index (χ1v) is 11.9. The molecule has 2 aromatic carbocycles. The van der Waals surface area contributed by atoms with E-state index in [2.05, 4.69) is 5.32 Å². The quantitative estimate of drug-likeness (QED) is 0.624. The molecule has 0 spiro atoms. The number of nitrogens with one attached hydrogen (secondary N) is 1. The lowest BCUT2D eigenvalue weighted by molar-refractivity contribution is -0.0475. The van der Waals surface area contributed by atoms with E-state index in [1.54, 1.807) is 34.1 Å². The second-order valence-electron chi connectivity index (χ2n) is 9.04. The van der Waals surface area contributed by atoms with Crippen molar-refractivity contribution in [2.45, 2.75) is 38.0 Å². The van der Waals surface area contributed by atoms with Gasteiger partial charge in [-0.25, -0.2) is 13.6 Å². The third-order valence-corrected chi connectivity index (χ3v) is 6.59. The zero-order valence-electron chi connectivity index (χ0n) is 19.2. The largest absolute Gasteiger partial charge is 0.494 e. The molecule has 1 aliphatic carbocycles. The lowest BCUT2D eigenvalue weighted by Crippen LogP contribution is -2.51. The fourth-order valence-electron chi connectivity index (χ4n) is 4.47. The van der Waals surface area contributed by atoms with E-state index >= 15 is 0 Å². The van der Waals surface area contributed by atoms with Crippen LogP contribution in [-0.4, -0.2) is 60.4 Å². The van der Waals surface area contributed by atoms with Crippen molar-refractivity contribution in [1.82, 2.24) is 9.80 Å². The molecule has 2 aliphatic rings. The summed E-state index contributed by atoms with van der Waals surface area (Å²) < 4.78 is 32.4. The van der Waals surface area contributed by atoms with E-state index in [1.807, 2.05) is 30.3 Å². The number of anilines is 1. The number of benzene rings is 2. The normalized spacial score (nSPS) is 18.4. The third kappa shape index (κ3) is 6.46. The van der Waals surface area contributed by atoms with Gasteiger partial charge in [-0.3, -0.25) is 4.79 Å². The predicted molar refractivity (Wildman–Crippen MR) is 126 cm³/mol. The van der Waals surface area contributed by atoms with Crippen molar-refractivity contribution < 1.29 is 23.1 Å². The molecule has 1 saturated heterocycles. The van der Waals surface area contributed by atoms with E-state index < -0.39 is 5.92 Å². The Morgan fingerprint density at radius 1 is 0.941 bits per heavy atom. The number of nitrogens with zero attached hydrogens (tertiary/aromatic N) is 2. The first-order chi connectivity index (χ1) is 16.4. The Balaban J connectivity index is 1.23. The summed E-state index contributed by atoms with van der Waals surface area (Å²) in [5.41, 5.74) is 1.28. The first-order valence-electron chi connectivity index (χ1n) is 11.9. The van der Waals surface area contributed by atoms with Gasteiger partial charge in [0.1, 0.15) is 5.75 Å².